The molecule has 8 nitrogen and oxygen atoms in total. The van der Waals surface area contributed by atoms with E-state index in [1.807, 2.05) is 0 Å². The second-order valence-corrected chi connectivity index (χ2v) is 6.97. The third-order valence-electron chi connectivity index (χ3n) is 4.04. The molecule has 0 saturated heterocycles. The van der Waals surface area contributed by atoms with Crippen LogP contribution >= 0.6 is 11.6 Å². The largest absolute Gasteiger partial charge is 0.496 e. The molecule has 0 aliphatic rings. The third kappa shape index (κ3) is 4.72. The van der Waals surface area contributed by atoms with Crippen LogP contribution in [0.3, 0.4) is 0 Å². The lowest BCUT2D eigenvalue weighted by Crippen LogP contribution is -2.18. The SMILES string of the molecule is COc1cc2nccc(Oc3ccc(NC(=O)OC(C)C)c(Cl)c3)c2cc1C(N)=O. The van der Waals surface area contributed by atoms with E-state index in [0.29, 0.717) is 33.8 Å². The van der Waals surface area contributed by atoms with E-state index >= 15 is 0 Å². The van der Waals surface area contributed by atoms with Crippen LogP contribution in [0.5, 0.6) is 17.2 Å². The van der Waals surface area contributed by atoms with Gasteiger partial charge in [0.15, 0.2) is 0 Å². The molecule has 0 spiro atoms. The Bertz CT molecular complexity index is 1120. The van der Waals surface area contributed by atoms with Crippen LogP contribution in [0, 0.1) is 0 Å². The second-order valence-electron chi connectivity index (χ2n) is 6.57. The van der Waals surface area contributed by atoms with Crippen LogP contribution in [0.2, 0.25) is 5.02 Å². The molecule has 1 aromatic heterocycles. The summed E-state index contributed by atoms with van der Waals surface area (Å²) in [5, 5.41) is 3.42. The van der Waals surface area contributed by atoms with E-state index in [9.17, 15) is 9.59 Å². The lowest BCUT2D eigenvalue weighted by Gasteiger charge is -2.13. The van der Waals surface area contributed by atoms with Gasteiger partial charge < -0.3 is 19.9 Å². The normalized spacial score (nSPS) is 10.7. The molecular formula is C21H20ClN3O5. The number of hydrogen-bond acceptors (Lipinski definition) is 6. The first-order chi connectivity index (χ1) is 14.3. The van der Waals surface area contributed by atoms with Crippen molar-refractivity contribution in [2.45, 2.75) is 20.0 Å². The molecule has 0 bridgehead atoms. The number of nitrogens with zero attached hydrogens (tertiary/aromatic N) is 1. The van der Waals surface area contributed by atoms with Crippen molar-refractivity contribution >= 4 is 40.2 Å². The molecule has 1 heterocycles. The summed E-state index contributed by atoms with van der Waals surface area (Å²) in [6, 6.07) is 9.63. The quantitative estimate of drug-likeness (QED) is 0.584. The van der Waals surface area contributed by atoms with Gasteiger partial charge in [0.25, 0.3) is 5.91 Å². The monoisotopic (exact) mass is 429 g/mol. The van der Waals surface area contributed by atoms with Crippen molar-refractivity contribution in [3.8, 4) is 17.2 Å². The van der Waals surface area contributed by atoms with Crippen LogP contribution in [0.4, 0.5) is 10.5 Å². The zero-order valence-electron chi connectivity index (χ0n) is 16.6. The topological polar surface area (TPSA) is 113 Å². The maximum absolute atomic E-state index is 11.8. The minimum absolute atomic E-state index is 0.212. The van der Waals surface area contributed by atoms with E-state index < -0.39 is 12.0 Å². The van der Waals surface area contributed by atoms with Crippen LogP contribution in [-0.2, 0) is 4.74 Å². The predicted octanol–water partition coefficient (Wildman–Crippen LogP) is 4.74. The number of halogens is 1. The summed E-state index contributed by atoms with van der Waals surface area (Å²) in [4.78, 5) is 27.8. The first-order valence-electron chi connectivity index (χ1n) is 9.00. The van der Waals surface area contributed by atoms with E-state index in [4.69, 9.17) is 31.5 Å². The molecule has 30 heavy (non-hydrogen) atoms. The Labute approximate surface area is 177 Å². The average molecular weight is 430 g/mol. The highest BCUT2D eigenvalue weighted by Gasteiger charge is 2.15. The number of amides is 2. The highest BCUT2D eigenvalue weighted by molar-refractivity contribution is 6.33. The van der Waals surface area contributed by atoms with Gasteiger partial charge >= 0.3 is 6.09 Å². The molecular weight excluding hydrogens is 410 g/mol. The second kappa shape index (κ2) is 8.87. The number of anilines is 1. The van der Waals surface area contributed by atoms with Crippen molar-refractivity contribution in [3.63, 3.8) is 0 Å². The lowest BCUT2D eigenvalue weighted by atomic mass is 10.1. The predicted molar refractivity (Wildman–Crippen MR) is 114 cm³/mol. The highest BCUT2D eigenvalue weighted by Crippen LogP contribution is 2.35. The van der Waals surface area contributed by atoms with Crippen LogP contribution in [-0.4, -0.2) is 30.2 Å². The van der Waals surface area contributed by atoms with Gasteiger partial charge in [0.2, 0.25) is 0 Å². The molecule has 2 aromatic carbocycles. The molecule has 0 aliphatic heterocycles. The fourth-order valence-electron chi connectivity index (χ4n) is 2.74. The van der Waals surface area contributed by atoms with Crippen molar-refractivity contribution in [2.75, 3.05) is 12.4 Å². The molecule has 9 heteroatoms. The number of fused-ring (bicyclic) bond motifs is 1. The maximum atomic E-state index is 11.8. The lowest BCUT2D eigenvalue weighted by molar-refractivity contribution is 0.0997. The van der Waals surface area contributed by atoms with E-state index in [1.165, 1.54) is 7.11 Å². The molecule has 156 valence electrons. The van der Waals surface area contributed by atoms with E-state index in [0.717, 1.165) is 0 Å². The molecule has 0 unspecified atom stereocenters. The van der Waals surface area contributed by atoms with Crippen LogP contribution in [0.25, 0.3) is 10.9 Å². The summed E-state index contributed by atoms with van der Waals surface area (Å²) in [6.45, 7) is 3.49. The molecule has 0 saturated carbocycles. The van der Waals surface area contributed by atoms with Gasteiger partial charge in [0.05, 0.1) is 35.0 Å². The van der Waals surface area contributed by atoms with E-state index in [2.05, 4.69) is 10.3 Å². The van der Waals surface area contributed by atoms with E-state index in [1.54, 1.807) is 56.4 Å². The number of carbonyl (C=O) groups excluding carboxylic acids is 2. The zero-order valence-corrected chi connectivity index (χ0v) is 17.3. The molecule has 0 radical (unpaired) electrons. The first kappa shape index (κ1) is 21.2. The molecule has 0 atom stereocenters. The van der Waals surface area contributed by atoms with E-state index in [-0.39, 0.29) is 16.7 Å². The number of nitrogens with two attached hydrogens (primary N) is 1. The Morgan fingerprint density at radius 2 is 1.90 bits per heavy atom. The summed E-state index contributed by atoms with van der Waals surface area (Å²) in [5.41, 5.74) is 6.61. The summed E-state index contributed by atoms with van der Waals surface area (Å²) >= 11 is 6.26. The minimum atomic E-state index is -0.629. The maximum Gasteiger partial charge on any atom is 0.411 e. The molecule has 2 amide bonds. The highest BCUT2D eigenvalue weighted by atomic mass is 35.5. The van der Waals surface area contributed by atoms with Gasteiger partial charge in [-0.1, -0.05) is 11.6 Å². The number of aromatic nitrogens is 1. The van der Waals surface area contributed by atoms with Gasteiger partial charge in [-0.15, -0.1) is 0 Å². The number of pyridine rings is 1. The molecule has 0 fully saturated rings. The van der Waals surface area contributed by atoms with Crippen molar-refractivity contribution < 1.29 is 23.8 Å². The minimum Gasteiger partial charge on any atom is -0.496 e. The molecule has 0 aliphatic carbocycles. The fourth-order valence-corrected chi connectivity index (χ4v) is 2.96. The van der Waals surface area contributed by atoms with Gasteiger partial charge in [-0.05, 0) is 38.1 Å². The summed E-state index contributed by atoms with van der Waals surface area (Å²) in [6.07, 6.45) is 0.712. The van der Waals surface area contributed by atoms with Crippen molar-refractivity contribution in [1.82, 2.24) is 4.98 Å². The molecule has 3 aromatic rings. The average Bonchev–Trinajstić information content (AvgIpc) is 2.68. The first-order valence-corrected chi connectivity index (χ1v) is 9.38. The molecule has 3 N–H and O–H groups in total. The Hall–Kier alpha value is -3.52. The fraction of sp³-hybridized carbons (Fsp3) is 0.190. The smallest absolute Gasteiger partial charge is 0.411 e. The summed E-state index contributed by atoms with van der Waals surface area (Å²) < 4.78 is 16.2. The third-order valence-corrected chi connectivity index (χ3v) is 4.35. The number of primary amides is 1. The van der Waals surface area contributed by atoms with Gasteiger partial charge in [-0.3, -0.25) is 15.1 Å². The number of carbonyl (C=O) groups is 2. The van der Waals surface area contributed by atoms with Crippen molar-refractivity contribution in [2.24, 2.45) is 5.73 Å². The van der Waals surface area contributed by atoms with Gasteiger partial charge in [0.1, 0.15) is 17.2 Å². The standard InChI is InChI=1S/C21H20ClN3O5/c1-11(2)29-21(27)25-16-5-4-12(8-15(16)22)30-18-6-7-24-17-10-19(28-3)14(20(23)26)9-13(17)18/h4-11H,1-3H3,(H2,23,26)(H,25,27). The zero-order chi connectivity index (χ0) is 21.8. The number of nitrogens with one attached hydrogen (secondary N) is 1. The summed E-state index contributed by atoms with van der Waals surface area (Å²) in [5.74, 6) is 0.564. The van der Waals surface area contributed by atoms with Crippen LogP contribution in [0.1, 0.15) is 24.2 Å². The number of benzene rings is 2. The van der Waals surface area contributed by atoms with Crippen LogP contribution < -0.4 is 20.5 Å². The summed E-state index contributed by atoms with van der Waals surface area (Å²) in [7, 11) is 1.45. The van der Waals surface area contributed by atoms with Gasteiger partial charge in [-0.2, -0.15) is 0 Å². The Morgan fingerprint density at radius 3 is 2.53 bits per heavy atom. The number of ether oxygens (including phenoxy) is 3. The van der Waals surface area contributed by atoms with Gasteiger partial charge in [0, 0.05) is 23.7 Å². The number of rotatable bonds is 6. The number of methoxy groups -OCH3 is 1. The van der Waals surface area contributed by atoms with Crippen molar-refractivity contribution in [1.29, 1.82) is 0 Å². The Balaban J connectivity index is 1.91. The Morgan fingerprint density at radius 1 is 1.13 bits per heavy atom. The van der Waals surface area contributed by atoms with Gasteiger partial charge in [-0.25, -0.2) is 4.79 Å². The molecule has 3 rings (SSSR count). The number of hydrogen-bond donors (Lipinski definition) is 2. The van der Waals surface area contributed by atoms with Crippen LogP contribution in [0.15, 0.2) is 42.6 Å². The Kier molecular flexibility index (Phi) is 6.27. The van der Waals surface area contributed by atoms with Crippen molar-refractivity contribution in [3.05, 3.63) is 53.2 Å².